The fourth-order valence-corrected chi connectivity index (χ4v) is 2.04. The lowest BCUT2D eigenvalue weighted by Gasteiger charge is -2.36. The van der Waals surface area contributed by atoms with Gasteiger partial charge in [0, 0.05) is 6.04 Å². The highest BCUT2D eigenvalue weighted by molar-refractivity contribution is 4.89. The number of hydrogen-bond acceptors (Lipinski definition) is 1. The average Bonchev–Trinajstić information content (AvgIpc) is 1.94. The molecule has 0 spiro atoms. The molecule has 1 aliphatic carbocycles. The van der Waals surface area contributed by atoms with Crippen LogP contribution >= 0.6 is 0 Å². The van der Waals surface area contributed by atoms with Crippen LogP contribution in [-0.4, -0.2) is 12.6 Å². The average molecular weight is 125 g/mol. The van der Waals surface area contributed by atoms with Crippen molar-refractivity contribution in [3.05, 3.63) is 0 Å². The second kappa shape index (κ2) is 2.30. The first-order valence-corrected chi connectivity index (χ1v) is 4.20. The Hall–Kier alpha value is -0.0400. The summed E-state index contributed by atoms with van der Waals surface area (Å²) >= 11 is 0. The van der Waals surface area contributed by atoms with Crippen LogP contribution in [0.25, 0.3) is 0 Å². The van der Waals surface area contributed by atoms with Gasteiger partial charge in [0.15, 0.2) is 0 Å². The van der Waals surface area contributed by atoms with E-state index in [9.17, 15) is 0 Å². The Morgan fingerprint density at radius 3 is 2.67 bits per heavy atom. The molecule has 2 atom stereocenters. The maximum absolute atomic E-state index is 3.49. The van der Waals surface area contributed by atoms with Crippen molar-refractivity contribution in [2.45, 2.75) is 38.1 Å². The molecule has 1 aliphatic heterocycles. The molecule has 0 bridgehead atoms. The van der Waals surface area contributed by atoms with E-state index in [1.807, 2.05) is 0 Å². The summed E-state index contributed by atoms with van der Waals surface area (Å²) in [4.78, 5) is 0. The molecule has 2 fully saturated rings. The Kier molecular flexibility index (Phi) is 1.46. The van der Waals surface area contributed by atoms with Crippen molar-refractivity contribution in [1.29, 1.82) is 0 Å². The summed E-state index contributed by atoms with van der Waals surface area (Å²) < 4.78 is 0. The van der Waals surface area contributed by atoms with Gasteiger partial charge in [-0.2, -0.15) is 0 Å². The first-order valence-electron chi connectivity index (χ1n) is 4.20. The summed E-state index contributed by atoms with van der Waals surface area (Å²) in [5, 5.41) is 3.49. The van der Waals surface area contributed by atoms with Crippen molar-refractivity contribution >= 4 is 0 Å². The fourth-order valence-electron chi connectivity index (χ4n) is 2.04. The minimum atomic E-state index is 0.924. The first kappa shape index (κ1) is 5.72. The molecule has 1 saturated heterocycles. The van der Waals surface area contributed by atoms with E-state index < -0.39 is 0 Å². The second-order valence-corrected chi connectivity index (χ2v) is 3.41. The molecule has 0 radical (unpaired) electrons. The zero-order valence-electron chi connectivity index (χ0n) is 5.90. The maximum atomic E-state index is 3.49. The lowest BCUT2D eigenvalue weighted by molar-refractivity contribution is 0.219. The number of nitrogens with one attached hydrogen (secondary N) is 1. The number of rotatable bonds is 0. The van der Waals surface area contributed by atoms with Crippen molar-refractivity contribution in [2.24, 2.45) is 5.92 Å². The third-order valence-electron chi connectivity index (χ3n) is 2.80. The topological polar surface area (TPSA) is 12.0 Å². The molecule has 0 aromatic carbocycles. The molecule has 0 amide bonds. The van der Waals surface area contributed by atoms with E-state index in [1.54, 1.807) is 0 Å². The van der Waals surface area contributed by atoms with Gasteiger partial charge >= 0.3 is 0 Å². The highest BCUT2D eigenvalue weighted by Gasteiger charge is 2.30. The van der Waals surface area contributed by atoms with Crippen LogP contribution in [0.2, 0.25) is 0 Å². The van der Waals surface area contributed by atoms with Crippen LogP contribution in [0.15, 0.2) is 0 Å². The van der Waals surface area contributed by atoms with Crippen LogP contribution < -0.4 is 5.32 Å². The third-order valence-corrected chi connectivity index (χ3v) is 2.80. The van der Waals surface area contributed by atoms with Crippen LogP contribution in [0.1, 0.15) is 32.1 Å². The summed E-state index contributed by atoms with van der Waals surface area (Å²) in [6.45, 7) is 1.31. The lowest BCUT2D eigenvalue weighted by atomic mass is 9.88. The number of hydrogen-bond donors (Lipinski definition) is 1. The van der Waals surface area contributed by atoms with Gasteiger partial charge in [0.05, 0.1) is 0 Å². The molecule has 2 aliphatic rings. The van der Waals surface area contributed by atoms with E-state index in [0.717, 1.165) is 12.0 Å². The van der Waals surface area contributed by atoms with Crippen molar-refractivity contribution in [2.75, 3.05) is 6.54 Å². The summed E-state index contributed by atoms with van der Waals surface area (Å²) in [5.74, 6) is 1.06. The van der Waals surface area contributed by atoms with Gasteiger partial charge < -0.3 is 5.32 Å². The Morgan fingerprint density at radius 1 is 1.00 bits per heavy atom. The van der Waals surface area contributed by atoms with Gasteiger partial charge in [-0.25, -0.2) is 0 Å². The van der Waals surface area contributed by atoms with Crippen LogP contribution in [-0.2, 0) is 0 Å². The molecule has 0 aromatic heterocycles. The Labute approximate surface area is 56.8 Å². The summed E-state index contributed by atoms with van der Waals surface area (Å²) in [7, 11) is 0. The van der Waals surface area contributed by atoms with Crippen LogP contribution in [0.3, 0.4) is 0 Å². The minimum Gasteiger partial charge on any atom is -0.313 e. The molecular weight excluding hydrogens is 110 g/mol. The maximum Gasteiger partial charge on any atom is 0.0108 e. The molecule has 1 heteroatoms. The van der Waals surface area contributed by atoms with E-state index in [2.05, 4.69) is 5.32 Å². The number of fused-ring (bicyclic) bond motifs is 1. The van der Waals surface area contributed by atoms with Crippen molar-refractivity contribution in [1.82, 2.24) is 5.32 Å². The zero-order chi connectivity index (χ0) is 6.10. The van der Waals surface area contributed by atoms with Gasteiger partial charge in [0.1, 0.15) is 0 Å². The van der Waals surface area contributed by atoms with E-state index >= 15 is 0 Å². The molecule has 1 nitrogen and oxygen atoms in total. The molecule has 52 valence electrons. The van der Waals surface area contributed by atoms with Gasteiger partial charge in [-0.05, 0) is 25.3 Å². The van der Waals surface area contributed by atoms with E-state index in [1.165, 1.54) is 38.6 Å². The molecule has 1 N–H and O–H groups in total. The molecule has 1 heterocycles. The largest absolute Gasteiger partial charge is 0.313 e. The Morgan fingerprint density at radius 2 is 1.89 bits per heavy atom. The van der Waals surface area contributed by atoms with Crippen molar-refractivity contribution in [3.63, 3.8) is 0 Å². The predicted molar refractivity (Wildman–Crippen MR) is 38.4 cm³/mol. The smallest absolute Gasteiger partial charge is 0.0108 e. The molecule has 1 saturated carbocycles. The van der Waals surface area contributed by atoms with E-state index in [4.69, 9.17) is 0 Å². The van der Waals surface area contributed by atoms with Gasteiger partial charge in [-0.3, -0.25) is 0 Å². The van der Waals surface area contributed by atoms with Gasteiger partial charge in [0.2, 0.25) is 0 Å². The lowest BCUT2D eigenvalue weighted by Crippen LogP contribution is -2.51. The van der Waals surface area contributed by atoms with E-state index in [-0.39, 0.29) is 0 Å². The standard InChI is InChI=1S/C8H15N/c1-2-4-7-6-9-8(7)5-3-1/h7-9H,1-6H2/t7-,8-/m1/s1. The van der Waals surface area contributed by atoms with Gasteiger partial charge in [-0.15, -0.1) is 0 Å². The Balaban J connectivity index is 1.90. The van der Waals surface area contributed by atoms with Crippen LogP contribution in [0.5, 0.6) is 0 Å². The molecular formula is C8H15N. The summed E-state index contributed by atoms with van der Waals surface area (Å²) in [6.07, 6.45) is 7.38. The monoisotopic (exact) mass is 125 g/mol. The minimum absolute atomic E-state index is 0.924. The quantitative estimate of drug-likeness (QED) is 0.518. The van der Waals surface area contributed by atoms with Crippen molar-refractivity contribution in [3.8, 4) is 0 Å². The van der Waals surface area contributed by atoms with E-state index in [0.29, 0.717) is 0 Å². The van der Waals surface area contributed by atoms with Crippen molar-refractivity contribution < 1.29 is 0 Å². The van der Waals surface area contributed by atoms with Gasteiger partial charge in [0.25, 0.3) is 0 Å². The van der Waals surface area contributed by atoms with Crippen LogP contribution in [0.4, 0.5) is 0 Å². The second-order valence-electron chi connectivity index (χ2n) is 3.41. The molecule has 2 rings (SSSR count). The predicted octanol–water partition coefficient (Wildman–Crippen LogP) is 1.54. The fraction of sp³-hybridized carbons (Fsp3) is 1.00. The molecule has 0 aromatic rings. The first-order chi connectivity index (χ1) is 4.47. The molecule has 9 heavy (non-hydrogen) atoms. The zero-order valence-corrected chi connectivity index (χ0v) is 5.90. The SMILES string of the molecule is C1CC[C@@H]2CN[C@@H]2CC1. The summed E-state index contributed by atoms with van der Waals surface area (Å²) in [6, 6.07) is 0.924. The summed E-state index contributed by atoms with van der Waals surface area (Å²) in [5.41, 5.74) is 0. The Bertz CT molecular complexity index is 88.7. The highest BCUT2D eigenvalue weighted by Crippen LogP contribution is 2.28. The normalized spacial score (nSPS) is 42.7. The van der Waals surface area contributed by atoms with Crippen LogP contribution in [0, 0.1) is 5.92 Å². The highest BCUT2D eigenvalue weighted by atomic mass is 15.0. The third kappa shape index (κ3) is 0.983. The molecule has 0 unspecified atom stereocenters. The van der Waals surface area contributed by atoms with Gasteiger partial charge in [-0.1, -0.05) is 19.3 Å².